The van der Waals surface area contributed by atoms with Crippen molar-refractivity contribution >= 4 is 23.2 Å². The molecule has 0 saturated heterocycles. The average molecular weight is 241 g/mol. The SMILES string of the molecule is CC(NC(=O)C(C)(C)c1cccs1)C(=O)O. The minimum atomic E-state index is -1.03. The van der Waals surface area contributed by atoms with Crippen LogP contribution in [0.2, 0.25) is 0 Å². The van der Waals surface area contributed by atoms with Crippen molar-refractivity contribution in [2.75, 3.05) is 0 Å². The van der Waals surface area contributed by atoms with E-state index in [1.54, 1.807) is 13.8 Å². The van der Waals surface area contributed by atoms with Crippen LogP contribution in [0.15, 0.2) is 17.5 Å². The molecule has 1 amide bonds. The van der Waals surface area contributed by atoms with Crippen LogP contribution in [0.1, 0.15) is 25.6 Å². The van der Waals surface area contributed by atoms with Gasteiger partial charge in [0, 0.05) is 4.88 Å². The van der Waals surface area contributed by atoms with Gasteiger partial charge in [-0.2, -0.15) is 0 Å². The molecule has 5 heteroatoms. The summed E-state index contributed by atoms with van der Waals surface area (Å²) >= 11 is 1.49. The zero-order valence-electron chi connectivity index (χ0n) is 9.48. The van der Waals surface area contributed by atoms with Crippen molar-refractivity contribution in [1.82, 2.24) is 5.32 Å². The third-order valence-electron chi connectivity index (χ3n) is 2.42. The Morgan fingerprint density at radius 3 is 2.56 bits per heavy atom. The standard InChI is InChI=1S/C11H15NO3S/c1-7(9(13)14)12-10(15)11(2,3)8-5-4-6-16-8/h4-7H,1-3H3,(H,12,15)(H,13,14). The molecule has 2 N–H and O–H groups in total. The van der Waals surface area contributed by atoms with Gasteiger partial charge < -0.3 is 10.4 Å². The topological polar surface area (TPSA) is 66.4 Å². The Bertz CT molecular complexity index is 384. The van der Waals surface area contributed by atoms with Crippen molar-refractivity contribution in [3.63, 3.8) is 0 Å². The van der Waals surface area contributed by atoms with Crippen LogP contribution in [0.5, 0.6) is 0 Å². The fourth-order valence-corrected chi connectivity index (χ4v) is 2.03. The first kappa shape index (κ1) is 12.7. The molecule has 0 aliphatic rings. The van der Waals surface area contributed by atoms with Crippen LogP contribution in [-0.4, -0.2) is 23.0 Å². The molecule has 0 aromatic carbocycles. The lowest BCUT2D eigenvalue weighted by Gasteiger charge is -2.23. The summed E-state index contributed by atoms with van der Waals surface area (Å²) in [6.07, 6.45) is 0. The molecule has 16 heavy (non-hydrogen) atoms. The fraction of sp³-hybridized carbons (Fsp3) is 0.455. The van der Waals surface area contributed by atoms with Crippen LogP contribution in [0.4, 0.5) is 0 Å². The molecule has 0 spiro atoms. The van der Waals surface area contributed by atoms with Crippen LogP contribution in [0.25, 0.3) is 0 Å². The summed E-state index contributed by atoms with van der Waals surface area (Å²) in [5.41, 5.74) is -0.697. The molecule has 1 rings (SSSR count). The number of carboxylic acid groups (broad SMARTS) is 1. The first-order valence-corrected chi connectivity index (χ1v) is 5.81. The second-order valence-corrected chi connectivity index (χ2v) is 5.08. The van der Waals surface area contributed by atoms with Crippen LogP contribution < -0.4 is 5.32 Å². The van der Waals surface area contributed by atoms with Gasteiger partial charge in [0.25, 0.3) is 0 Å². The Kier molecular flexibility index (Phi) is 3.70. The van der Waals surface area contributed by atoms with Crippen molar-refractivity contribution in [3.05, 3.63) is 22.4 Å². The maximum absolute atomic E-state index is 11.9. The number of carbonyl (C=O) groups is 2. The van der Waals surface area contributed by atoms with Gasteiger partial charge in [-0.15, -0.1) is 11.3 Å². The second kappa shape index (κ2) is 4.65. The number of amides is 1. The summed E-state index contributed by atoms with van der Waals surface area (Å²) in [6, 6.07) is 2.87. The molecule has 0 fully saturated rings. The fourth-order valence-electron chi connectivity index (χ4n) is 1.18. The Hall–Kier alpha value is -1.36. The monoisotopic (exact) mass is 241 g/mol. The summed E-state index contributed by atoms with van der Waals surface area (Å²) < 4.78 is 0. The normalized spacial score (nSPS) is 13.2. The van der Waals surface area contributed by atoms with E-state index in [4.69, 9.17) is 5.11 Å². The molecule has 4 nitrogen and oxygen atoms in total. The molecular formula is C11H15NO3S. The number of carboxylic acids is 1. The Labute approximate surface area is 98.3 Å². The molecule has 1 atom stereocenters. The van der Waals surface area contributed by atoms with Crippen molar-refractivity contribution < 1.29 is 14.7 Å². The first-order valence-electron chi connectivity index (χ1n) is 4.93. The van der Waals surface area contributed by atoms with Gasteiger partial charge in [0.15, 0.2) is 0 Å². The molecule has 0 radical (unpaired) electrons. The third kappa shape index (κ3) is 2.61. The highest BCUT2D eigenvalue weighted by atomic mass is 32.1. The molecule has 1 aromatic rings. The maximum atomic E-state index is 11.9. The summed E-state index contributed by atoms with van der Waals surface area (Å²) in [4.78, 5) is 23.5. The molecule has 88 valence electrons. The van der Waals surface area contributed by atoms with Gasteiger partial charge in [0.2, 0.25) is 5.91 Å². The highest BCUT2D eigenvalue weighted by Gasteiger charge is 2.32. The van der Waals surface area contributed by atoms with Crippen molar-refractivity contribution in [1.29, 1.82) is 0 Å². The van der Waals surface area contributed by atoms with Crippen LogP contribution in [0, 0.1) is 0 Å². The molecule has 0 aliphatic heterocycles. The predicted molar refractivity (Wildman–Crippen MR) is 62.6 cm³/mol. The third-order valence-corrected chi connectivity index (χ3v) is 3.62. The smallest absolute Gasteiger partial charge is 0.325 e. The zero-order chi connectivity index (χ0) is 12.3. The van der Waals surface area contributed by atoms with E-state index in [9.17, 15) is 9.59 Å². The van der Waals surface area contributed by atoms with Gasteiger partial charge in [0.05, 0.1) is 5.41 Å². The molecule has 1 unspecified atom stereocenters. The van der Waals surface area contributed by atoms with Gasteiger partial charge in [-0.05, 0) is 32.2 Å². The number of nitrogens with one attached hydrogen (secondary N) is 1. The number of hydrogen-bond acceptors (Lipinski definition) is 3. The summed E-state index contributed by atoms with van der Waals surface area (Å²) in [5.74, 6) is -1.31. The maximum Gasteiger partial charge on any atom is 0.325 e. The predicted octanol–water partition coefficient (Wildman–Crippen LogP) is 1.61. The van der Waals surface area contributed by atoms with Crippen LogP contribution >= 0.6 is 11.3 Å². The van der Waals surface area contributed by atoms with E-state index < -0.39 is 17.4 Å². The van der Waals surface area contributed by atoms with Gasteiger partial charge in [-0.3, -0.25) is 9.59 Å². The molecule has 0 saturated carbocycles. The van der Waals surface area contributed by atoms with Gasteiger partial charge in [0.1, 0.15) is 6.04 Å². The summed E-state index contributed by atoms with van der Waals surface area (Å²) in [5, 5.41) is 13.1. The number of aliphatic carboxylic acids is 1. The Morgan fingerprint density at radius 1 is 1.50 bits per heavy atom. The minimum Gasteiger partial charge on any atom is -0.480 e. The molecule has 0 aliphatic carbocycles. The Balaban J connectivity index is 2.77. The van der Waals surface area contributed by atoms with E-state index in [0.29, 0.717) is 0 Å². The quantitative estimate of drug-likeness (QED) is 0.841. The van der Waals surface area contributed by atoms with Crippen LogP contribution in [0.3, 0.4) is 0 Å². The zero-order valence-corrected chi connectivity index (χ0v) is 10.3. The summed E-state index contributed by atoms with van der Waals surface area (Å²) in [6.45, 7) is 5.01. The van der Waals surface area contributed by atoms with Crippen molar-refractivity contribution in [3.8, 4) is 0 Å². The summed E-state index contributed by atoms with van der Waals surface area (Å²) in [7, 11) is 0. The largest absolute Gasteiger partial charge is 0.480 e. The van der Waals surface area contributed by atoms with Gasteiger partial charge >= 0.3 is 5.97 Å². The second-order valence-electron chi connectivity index (χ2n) is 4.14. The van der Waals surface area contributed by atoms with Crippen LogP contribution in [-0.2, 0) is 15.0 Å². The number of carbonyl (C=O) groups excluding carboxylic acids is 1. The Morgan fingerprint density at radius 2 is 2.12 bits per heavy atom. The first-order chi connectivity index (χ1) is 7.35. The number of hydrogen-bond donors (Lipinski definition) is 2. The van der Waals surface area contributed by atoms with Crippen molar-refractivity contribution in [2.24, 2.45) is 0 Å². The molecule has 0 bridgehead atoms. The van der Waals surface area contributed by atoms with E-state index in [0.717, 1.165) is 4.88 Å². The lowest BCUT2D eigenvalue weighted by molar-refractivity contribution is -0.142. The molecular weight excluding hydrogens is 226 g/mol. The highest BCUT2D eigenvalue weighted by molar-refractivity contribution is 7.10. The lowest BCUT2D eigenvalue weighted by Crippen LogP contribution is -2.46. The number of thiophene rings is 1. The molecule has 1 aromatic heterocycles. The van der Waals surface area contributed by atoms with Gasteiger partial charge in [-0.25, -0.2) is 0 Å². The minimum absolute atomic E-state index is 0.273. The van der Waals surface area contributed by atoms with E-state index in [-0.39, 0.29) is 5.91 Å². The van der Waals surface area contributed by atoms with E-state index >= 15 is 0 Å². The lowest BCUT2D eigenvalue weighted by atomic mass is 9.90. The molecule has 1 heterocycles. The number of rotatable bonds is 4. The van der Waals surface area contributed by atoms with E-state index in [1.165, 1.54) is 18.3 Å². The van der Waals surface area contributed by atoms with Gasteiger partial charge in [-0.1, -0.05) is 6.07 Å². The highest BCUT2D eigenvalue weighted by Crippen LogP contribution is 2.27. The van der Waals surface area contributed by atoms with Crippen molar-refractivity contribution in [2.45, 2.75) is 32.2 Å². The average Bonchev–Trinajstić information content (AvgIpc) is 2.70. The van der Waals surface area contributed by atoms with E-state index in [1.807, 2.05) is 17.5 Å². The van der Waals surface area contributed by atoms with E-state index in [2.05, 4.69) is 5.32 Å².